The van der Waals surface area contributed by atoms with Gasteiger partial charge in [-0.05, 0) is 51.9 Å². The SMILES string of the molecule is Cc1nn(-c2ccccc2)c(C)c1CNC1CCN(CC(F)(F)F)CC1. The fourth-order valence-corrected chi connectivity index (χ4v) is 3.55. The minimum Gasteiger partial charge on any atom is -0.310 e. The molecule has 26 heavy (non-hydrogen) atoms. The Morgan fingerprint density at radius 3 is 2.38 bits per heavy atom. The first kappa shape index (κ1) is 18.9. The molecule has 1 aromatic carbocycles. The summed E-state index contributed by atoms with van der Waals surface area (Å²) in [6, 6.07) is 10.2. The van der Waals surface area contributed by atoms with Gasteiger partial charge in [0, 0.05) is 23.8 Å². The predicted octanol–water partition coefficient (Wildman–Crippen LogP) is 3.61. The van der Waals surface area contributed by atoms with Gasteiger partial charge in [-0.1, -0.05) is 18.2 Å². The molecule has 0 unspecified atom stereocenters. The van der Waals surface area contributed by atoms with E-state index >= 15 is 0 Å². The molecule has 2 heterocycles. The summed E-state index contributed by atoms with van der Waals surface area (Å²) in [6.07, 6.45) is -2.64. The number of rotatable bonds is 5. The van der Waals surface area contributed by atoms with E-state index in [0.717, 1.165) is 35.5 Å². The number of aromatic nitrogens is 2. The molecule has 1 aliphatic heterocycles. The molecule has 1 N–H and O–H groups in total. The van der Waals surface area contributed by atoms with Crippen LogP contribution < -0.4 is 5.32 Å². The van der Waals surface area contributed by atoms with Crippen molar-refractivity contribution in [3.8, 4) is 5.69 Å². The highest BCUT2D eigenvalue weighted by Gasteiger charge is 2.32. The van der Waals surface area contributed by atoms with Crippen molar-refractivity contribution in [1.82, 2.24) is 20.0 Å². The van der Waals surface area contributed by atoms with E-state index in [1.807, 2.05) is 41.9 Å². The number of alkyl halides is 3. The number of benzene rings is 1. The van der Waals surface area contributed by atoms with Gasteiger partial charge in [0.1, 0.15) is 0 Å². The van der Waals surface area contributed by atoms with Gasteiger partial charge in [-0.2, -0.15) is 18.3 Å². The molecule has 1 fully saturated rings. The third-order valence-corrected chi connectivity index (χ3v) is 5.00. The molecule has 1 aromatic heterocycles. The number of aryl methyl sites for hydroxylation is 1. The molecule has 4 nitrogen and oxygen atoms in total. The highest BCUT2D eigenvalue weighted by Crippen LogP contribution is 2.21. The fraction of sp³-hybridized carbons (Fsp3) is 0.526. The van der Waals surface area contributed by atoms with Crippen molar-refractivity contribution in [2.45, 2.75) is 45.5 Å². The zero-order chi connectivity index (χ0) is 18.7. The minimum absolute atomic E-state index is 0.248. The zero-order valence-corrected chi connectivity index (χ0v) is 15.2. The number of likely N-dealkylation sites (tertiary alicyclic amines) is 1. The van der Waals surface area contributed by atoms with Crippen LogP contribution in [-0.2, 0) is 6.54 Å². The number of nitrogens with one attached hydrogen (secondary N) is 1. The van der Waals surface area contributed by atoms with Crippen LogP contribution in [0.5, 0.6) is 0 Å². The molecule has 142 valence electrons. The Morgan fingerprint density at radius 1 is 1.12 bits per heavy atom. The molecule has 0 atom stereocenters. The number of nitrogens with zero attached hydrogens (tertiary/aromatic N) is 3. The number of hydrogen-bond acceptors (Lipinski definition) is 3. The van der Waals surface area contributed by atoms with Gasteiger partial charge in [0.25, 0.3) is 0 Å². The third kappa shape index (κ3) is 4.65. The molecule has 2 aromatic rings. The molecule has 1 saturated heterocycles. The second-order valence-electron chi connectivity index (χ2n) is 6.94. The summed E-state index contributed by atoms with van der Waals surface area (Å²) >= 11 is 0. The molecule has 3 rings (SSSR count). The Bertz CT molecular complexity index is 716. The maximum absolute atomic E-state index is 12.5. The summed E-state index contributed by atoms with van der Waals surface area (Å²) in [5.74, 6) is 0. The van der Waals surface area contributed by atoms with Crippen LogP contribution in [0.2, 0.25) is 0 Å². The molecule has 1 aliphatic rings. The Balaban J connectivity index is 1.57. The van der Waals surface area contributed by atoms with Crippen LogP contribution in [0.15, 0.2) is 30.3 Å². The van der Waals surface area contributed by atoms with Gasteiger partial charge in [0.15, 0.2) is 0 Å². The maximum atomic E-state index is 12.5. The van der Waals surface area contributed by atoms with E-state index in [1.54, 1.807) is 0 Å². The van der Waals surface area contributed by atoms with Gasteiger partial charge in [-0.15, -0.1) is 0 Å². The summed E-state index contributed by atoms with van der Waals surface area (Å²) in [5.41, 5.74) is 4.26. The molecule has 0 amide bonds. The zero-order valence-electron chi connectivity index (χ0n) is 15.2. The average Bonchev–Trinajstić information content (AvgIpc) is 2.88. The smallest absolute Gasteiger partial charge is 0.310 e. The van der Waals surface area contributed by atoms with Crippen molar-refractivity contribution in [2.24, 2.45) is 0 Å². The summed E-state index contributed by atoms with van der Waals surface area (Å²) < 4.78 is 39.4. The normalized spacial score (nSPS) is 17.0. The first-order valence-corrected chi connectivity index (χ1v) is 8.96. The first-order valence-electron chi connectivity index (χ1n) is 8.96. The molecule has 0 bridgehead atoms. The van der Waals surface area contributed by atoms with E-state index < -0.39 is 12.7 Å². The van der Waals surface area contributed by atoms with Gasteiger partial charge < -0.3 is 5.32 Å². The topological polar surface area (TPSA) is 33.1 Å². The quantitative estimate of drug-likeness (QED) is 0.878. The van der Waals surface area contributed by atoms with E-state index in [9.17, 15) is 13.2 Å². The fourth-order valence-electron chi connectivity index (χ4n) is 3.55. The van der Waals surface area contributed by atoms with Crippen molar-refractivity contribution in [3.05, 3.63) is 47.3 Å². The lowest BCUT2D eigenvalue weighted by Crippen LogP contribution is -2.45. The van der Waals surface area contributed by atoms with Crippen LogP contribution in [0.4, 0.5) is 13.2 Å². The molecule has 0 saturated carbocycles. The number of halogens is 3. The van der Waals surface area contributed by atoms with E-state index in [4.69, 9.17) is 0 Å². The summed E-state index contributed by atoms with van der Waals surface area (Å²) in [6.45, 7) is 4.90. The van der Waals surface area contributed by atoms with Gasteiger partial charge in [-0.3, -0.25) is 4.90 Å². The van der Waals surface area contributed by atoms with E-state index in [1.165, 1.54) is 4.90 Å². The van der Waals surface area contributed by atoms with Crippen molar-refractivity contribution in [1.29, 1.82) is 0 Å². The Kier molecular flexibility index (Phi) is 5.67. The van der Waals surface area contributed by atoms with Crippen LogP contribution in [0, 0.1) is 13.8 Å². The van der Waals surface area contributed by atoms with Gasteiger partial charge in [0.2, 0.25) is 0 Å². The van der Waals surface area contributed by atoms with Crippen molar-refractivity contribution < 1.29 is 13.2 Å². The molecular weight excluding hydrogens is 341 g/mol. The number of para-hydroxylation sites is 1. The van der Waals surface area contributed by atoms with Gasteiger partial charge in [-0.25, -0.2) is 4.68 Å². The lowest BCUT2D eigenvalue weighted by molar-refractivity contribution is -0.148. The van der Waals surface area contributed by atoms with Crippen LogP contribution >= 0.6 is 0 Å². The van der Waals surface area contributed by atoms with E-state index in [-0.39, 0.29) is 6.04 Å². The van der Waals surface area contributed by atoms with Crippen LogP contribution in [0.25, 0.3) is 5.69 Å². The largest absolute Gasteiger partial charge is 0.401 e. The highest BCUT2D eigenvalue weighted by molar-refractivity contribution is 5.36. The lowest BCUT2D eigenvalue weighted by Gasteiger charge is -2.32. The monoisotopic (exact) mass is 366 g/mol. The lowest BCUT2D eigenvalue weighted by atomic mass is 10.0. The van der Waals surface area contributed by atoms with Gasteiger partial charge >= 0.3 is 6.18 Å². The van der Waals surface area contributed by atoms with Crippen LogP contribution in [-0.4, -0.2) is 46.5 Å². The maximum Gasteiger partial charge on any atom is 0.401 e. The highest BCUT2D eigenvalue weighted by atomic mass is 19.4. The third-order valence-electron chi connectivity index (χ3n) is 5.00. The molecule has 0 spiro atoms. The van der Waals surface area contributed by atoms with E-state index in [2.05, 4.69) is 17.3 Å². The van der Waals surface area contributed by atoms with Crippen LogP contribution in [0.1, 0.15) is 29.8 Å². The standard InChI is InChI=1S/C19H25F3N4/c1-14-18(15(2)26(24-14)17-6-4-3-5-7-17)12-23-16-8-10-25(11-9-16)13-19(20,21)22/h3-7,16,23H,8-13H2,1-2H3. The van der Waals surface area contributed by atoms with Crippen molar-refractivity contribution >= 4 is 0 Å². The van der Waals surface area contributed by atoms with Crippen molar-refractivity contribution in [2.75, 3.05) is 19.6 Å². The minimum atomic E-state index is -4.11. The van der Waals surface area contributed by atoms with Crippen molar-refractivity contribution in [3.63, 3.8) is 0 Å². The number of hydrogen-bond donors (Lipinski definition) is 1. The Morgan fingerprint density at radius 2 is 1.77 bits per heavy atom. The molecule has 0 radical (unpaired) electrons. The summed E-state index contributed by atoms with van der Waals surface area (Å²) in [5, 5.41) is 8.15. The second-order valence-corrected chi connectivity index (χ2v) is 6.94. The van der Waals surface area contributed by atoms with Crippen LogP contribution in [0.3, 0.4) is 0 Å². The average molecular weight is 366 g/mol. The Labute approximate surface area is 152 Å². The summed E-state index contributed by atoms with van der Waals surface area (Å²) in [4.78, 5) is 1.49. The predicted molar refractivity (Wildman–Crippen MR) is 95.4 cm³/mol. The molecular formula is C19H25F3N4. The Hall–Kier alpha value is -1.86. The second kappa shape index (κ2) is 7.80. The number of piperidine rings is 1. The molecule has 7 heteroatoms. The van der Waals surface area contributed by atoms with Gasteiger partial charge in [0.05, 0.1) is 17.9 Å². The van der Waals surface area contributed by atoms with E-state index in [0.29, 0.717) is 19.6 Å². The summed E-state index contributed by atoms with van der Waals surface area (Å²) in [7, 11) is 0. The molecule has 0 aliphatic carbocycles. The first-order chi connectivity index (χ1) is 12.3.